The highest BCUT2D eigenvalue weighted by molar-refractivity contribution is 6.28. The van der Waals surface area contributed by atoms with Crippen molar-refractivity contribution in [2.45, 2.75) is 32.1 Å². The van der Waals surface area contributed by atoms with Crippen molar-refractivity contribution < 1.29 is 0 Å². The number of hydrogen-bond donors (Lipinski definition) is 0. The smallest absolute Gasteiger partial charge is 0.0496 e. The van der Waals surface area contributed by atoms with Gasteiger partial charge in [0.2, 0.25) is 0 Å². The van der Waals surface area contributed by atoms with E-state index in [0.29, 0.717) is 11.8 Å². The molecule has 0 N–H and O–H groups in total. The van der Waals surface area contributed by atoms with Gasteiger partial charge in [0.1, 0.15) is 0 Å². The minimum Gasteiger partial charge on any atom is -0.125 e. The van der Waals surface area contributed by atoms with Crippen molar-refractivity contribution in [3.8, 4) is 0 Å². The average Bonchev–Trinajstić information content (AvgIpc) is 1.87. The molecule has 2 atom stereocenters. The van der Waals surface area contributed by atoms with Crippen molar-refractivity contribution in [2.24, 2.45) is 5.92 Å². The molecule has 9 heavy (non-hydrogen) atoms. The molecule has 0 aliphatic heterocycles. The third kappa shape index (κ3) is 4.05. The molecule has 56 valence electrons. The fourth-order valence-electron chi connectivity index (χ4n) is 0.788. The van der Waals surface area contributed by atoms with Crippen LogP contribution in [0.15, 0.2) is 0 Å². The molecule has 0 aliphatic carbocycles. The van der Waals surface area contributed by atoms with Crippen LogP contribution in [0.2, 0.25) is 0 Å². The summed E-state index contributed by atoms with van der Waals surface area (Å²) < 4.78 is 0. The van der Waals surface area contributed by atoms with Crippen LogP contribution in [-0.4, -0.2) is 11.3 Å². The minimum absolute atomic E-state index is 0.159. The van der Waals surface area contributed by atoms with Crippen molar-refractivity contribution in [3.63, 3.8) is 0 Å². The maximum Gasteiger partial charge on any atom is 0.0496 e. The monoisotopic (exact) mass is 168 g/mol. The molecule has 2 heteroatoms. The quantitative estimate of drug-likeness (QED) is 0.566. The fourth-order valence-corrected chi connectivity index (χ4v) is 1.22. The van der Waals surface area contributed by atoms with Crippen LogP contribution in [0.25, 0.3) is 0 Å². The summed E-state index contributed by atoms with van der Waals surface area (Å²) in [6, 6.07) is 0. The zero-order valence-corrected chi connectivity index (χ0v) is 7.54. The second-order valence-electron chi connectivity index (χ2n) is 2.44. The molecule has 0 spiro atoms. The van der Waals surface area contributed by atoms with E-state index in [1.165, 1.54) is 12.8 Å². The molecule has 0 aromatic carbocycles. The summed E-state index contributed by atoms with van der Waals surface area (Å²) in [5, 5.41) is 0.159. The standard InChI is InChI=1S/C7H14Cl2/c1-3-4-6(2)7(9)5-8/h6-7H,3-5H2,1-2H3. The molecule has 0 saturated heterocycles. The fraction of sp³-hybridized carbons (Fsp3) is 1.00. The lowest BCUT2D eigenvalue weighted by Gasteiger charge is -2.13. The SMILES string of the molecule is CCCC(C)C(Cl)CCl. The summed E-state index contributed by atoms with van der Waals surface area (Å²) in [6.07, 6.45) is 2.38. The lowest BCUT2D eigenvalue weighted by Crippen LogP contribution is -2.12. The van der Waals surface area contributed by atoms with Gasteiger partial charge in [-0.15, -0.1) is 23.2 Å². The van der Waals surface area contributed by atoms with Crippen LogP contribution >= 0.6 is 23.2 Å². The Morgan fingerprint density at radius 3 is 2.33 bits per heavy atom. The van der Waals surface area contributed by atoms with Crippen LogP contribution in [0.1, 0.15) is 26.7 Å². The number of halogens is 2. The zero-order chi connectivity index (χ0) is 7.28. The molecule has 0 aliphatic rings. The van der Waals surface area contributed by atoms with E-state index in [1.807, 2.05) is 0 Å². The Labute approximate surface area is 67.5 Å². The molecule has 0 saturated carbocycles. The van der Waals surface area contributed by atoms with E-state index in [1.54, 1.807) is 0 Å². The minimum atomic E-state index is 0.159. The van der Waals surface area contributed by atoms with Gasteiger partial charge in [0.15, 0.2) is 0 Å². The van der Waals surface area contributed by atoms with Gasteiger partial charge in [-0.1, -0.05) is 20.3 Å². The Bertz CT molecular complexity index is 63.9. The van der Waals surface area contributed by atoms with Gasteiger partial charge in [0, 0.05) is 11.3 Å². The molecule has 0 heterocycles. The second kappa shape index (κ2) is 5.37. The first-order valence-electron chi connectivity index (χ1n) is 3.42. The average molecular weight is 169 g/mol. The van der Waals surface area contributed by atoms with Gasteiger partial charge in [-0.25, -0.2) is 0 Å². The number of alkyl halides is 2. The Morgan fingerprint density at radius 1 is 1.44 bits per heavy atom. The van der Waals surface area contributed by atoms with Crippen molar-refractivity contribution >= 4 is 23.2 Å². The first-order chi connectivity index (χ1) is 4.22. The van der Waals surface area contributed by atoms with Crippen LogP contribution in [0, 0.1) is 5.92 Å². The highest BCUT2D eigenvalue weighted by Gasteiger charge is 2.10. The Hall–Kier alpha value is 0.580. The molecule has 0 aromatic heterocycles. The Balaban J connectivity index is 3.32. The second-order valence-corrected chi connectivity index (χ2v) is 3.31. The van der Waals surface area contributed by atoms with Crippen molar-refractivity contribution in [1.82, 2.24) is 0 Å². The van der Waals surface area contributed by atoms with Crippen molar-refractivity contribution in [2.75, 3.05) is 5.88 Å². The van der Waals surface area contributed by atoms with E-state index < -0.39 is 0 Å². The summed E-state index contributed by atoms with van der Waals surface area (Å²) >= 11 is 11.4. The van der Waals surface area contributed by atoms with Crippen LogP contribution < -0.4 is 0 Å². The first-order valence-corrected chi connectivity index (χ1v) is 4.39. The van der Waals surface area contributed by atoms with E-state index in [2.05, 4.69) is 13.8 Å². The number of hydrogen-bond acceptors (Lipinski definition) is 0. The van der Waals surface area contributed by atoms with Crippen molar-refractivity contribution in [1.29, 1.82) is 0 Å². The van der Waals surface area contributed by atoms with E-state index in [4.69, 9.17) is 23.2 Å². The zero-order valence-electron chi connectivity index (χ0n) is 6.03. The third-order valence-electron chi connectivity index (χ3n) is 1.51. The first kappa shape index (κ1) is 9.58. The lowest BCUT2D eigenvalue weighted by atomic mass is 10.0. The molecule has 0 nitrogen and oxygen atoms in total. The molecule has 0 amide bonds. The van der Waals surface area contributed by atoms with E-state index >= 15 is 0 Å². The lowest BCUT2D eigenvalue weighted by molar-refractivity contribution is 0.518. The van der Waals surface area contributed by atoms with Gasteiger partial charge in [0.05, 0.1) is 0 Å². The molecule has 0 rings (SSSR count). The number of rotatable bonds is 4. The van der Waals surface area contributed by atoms with Gasteiger partial charge < -0.3 is 0 Å². The predicted molar refractivity (Wildman–Crippen MR) is 44.4 cm³/mol. The molecule has 0 radical (unpaired) electrons. The van der Waals surface area contributed by atoms with Gasteiger partial charge in [-0.2, -0.15) is 0 Å². The molecular formula is C7H14Cl2. The van der Waals surface area contributed by atoms with Crippen LogP contribution in [-0.2, 0) is 0 Å². The maximum absolute atomic E-state index is 5.86. The highest BCUT2D eigenvalue weighted by atomic mass is 35.5. The van der Waals surface area contributed by atoms with Gasteiger partial charge in [-0.3, -0.25) is 0 Å². The summed E-state index contributed by atoms with van der Waals surface area (Å²) in [6.45, 7) is 4.30. The molecule has 0 bridgehead atoms. The van der Waals surface area contributed by atoms with Gasteiger partial charge >= 0.3 is 0 Å². The molecule has 0 fully saturated rings. The van der Waals surface area contributed by atoms with Gasteiger partial charge in [-0.05, 0) is 12.3 Å². The summed E-state index contributed by atoms with van der Waals surface area (Å²) in [4.78, 5) is 0. The van der Waals surface area contributed by atoms with E-state index in [0.717, 1.165) is 0 Å². The largest absolute Gasteiger partial charge is 0.125 e. The normalized spacial score (nSPS) is 17.3. The molecule has 0 aromatic rings. The van der Waals surface area contributed by atoms with E-state index in [9.17, 15) is 0 Å². The summed E-state index contributed by atoms with van der Waals surface area (Å²) in [5.74, 6) is 1.14. The maximum atomic E-state index is 5.86. The van der Waals surface area contributed by atoms with Crippen LogP contribution in [0.4, 0.5) is 0 Å². The van der Waals surface area contributed by atoms with Crippen molar-refractivity contribution in [3.05, 3.63) is 0 Å². The van der Waals surface area contributed by atoms with Crippen LogP contribution in [0.5, 0.6) is 0 Å². The Kier molecular flexibility index (Phi) is 5.72. The summed E-state index contributed by atoms with van der Waals surface area (Å²) in [7, 11) is 0. The topological polar surface area (TPSA) is 0 Å². The highest BCUT2D eigenvalue weighted by Crippen LogP contribution is 2.16. The van der Waals surface area contributed by atoms with Crippen LogP contribution in [0.3, 0.4) is 0 Å². The molecule has 2 unspecified atom stereocenters. The molecular weight excluding hydrogens is 155 g/mol. The van der Waals surface area contributed by atoms with Gasteiger partial charge in [0.25, 0.3) is 0 Å². The predicted octanol–water partition coefficient (Wildman–Crippen LogP) is 3.27. The Morgan fingerprint density at radius 2 is 2.00 bits per heavy atom. The third-order valence-corrected chi connectivity index (χ3v) is 2.58. The van der Waals surface area contributed by atoms with E-state index in [-0.39, 0.29) is 5.38 Å². The summed E-state index contributed by atoms with van der Waals surface area (Å²) in [5.41, 5.74) is 0.